The van der Waals surface area contributed by atoms with E-state index < -0.39 is 6.04 Å². The molecule has 1 atom stereocenters. The van der Waals surface area contributed by atoms with Crippen LogP contribution in [0.25, 0.3) is 16.9 Å². The zero-order valence-electron chi connectivity index (χ0n) is 16.5. The molecule has 0 aliphatic carbocycles. The minimum absolute atomic E-state index is 0.204. The molecule has 0 bridgehead atoms. The van der Waals surface area contributed by atoms with E-state index in [-0.39, 0.29) is 18.0 Å². The van der Waals surface area contributed by atoms with Crippen molar-refractivity contribution in [1.82, 2.24) is 29.7 Å². The van der Waals surface area contributed by atoms with Gasteiger partial charge in [-0.1, -0.05) is 6.07 Å². The standard InChI is InChI=1S/C21H20N6O3/c1-14(21-24-23-18-5-3-4-12-26(18)21)22-19(28)13-27-20(29)11-10-17(25-27)15-6-8-16(30-2)9-7-15/h3-12,14H,13H2,1-2H3,(H,22,28). The van der Waals surface area contributed by atoms with Gasteiger partial charge in [0.1, 0.15) is 12.3 Å². The van der Waals surface area contributed by atoms with E-state index in [9.17, 15) is 9.59 Å². The van der Waals surface area contributed by atoms with Crippen LogP contribution in [0.5, 0.6) is 5.75 Å². The van der Waals surface area contributed by atoms with Gasteiger partial charge >= 0.3 is 0 Å². The van der Waals surface area contributed by atoms with Gasteiger partial charge in [0.05, 0.1) is 18.8 Å². The van der Waals surface area contributed by atoms with E-state index in [4.69, 9.17) is 4.74 Å². The Hall–Kier alpha value is -4.01. The molecule has 0 radical (unpaired) electrons. The number of benzene rings is 1. The van der Waals surface area contributed by atoms with E-state index in [2.05, 4.69) is 20.6 Å². The largest absolute Gasteiger partial charge is 0.497 e. The van der Waals surface area contributed by atoms with Crippen molar-refractivity contribution in [3.8, 4) is 17.0 Å². The molecule has 0 aliphatic rings. The van der Waals surface area contributed by atoms with Crippen LogP contribution in [0.3, 0.4) is 0 Å². The fourth-order valence-electron chi connectivity index (χ4n) is 3.12. The number of nitrogens with zero attached hydrogens (tertiary/aromatic N) is 5. The first-order chi connectivity index (χ1) is 14.5. The first-order valence-electron chi connectivity index (χ1n) is 9.37. The molecule has 0 fully saturated rings. The third kappa shape index (κ3) is 3.90. The summed E-state index contributed by atoms with van der Waals surface area (Å²) in [5.41, 5.74) is 1.73. The molecule has 0 saturated carbocycles. The number of nitrogens with one attached hydrogen (secondary N) is 1. The van der Waals surface area contributed by atoms with Gasteiger partial charge in [-0.25, -0.2) is 4.68 Å². The van der Waals surface area contributed by atoms with Crippen molar-refractivity contribution in [2.45, 2.75) is 19.5 Å². The highest BCUT2D eigenvalue weighted by Crippen LogP contribution is 2.19. The van der Waals surface area contributed by atoms with Crippen molar-refractivity contribution in [3.63, 3.8) is 0 Å². The van der Waals surface area contributed by atoms with Gasteiger partial charge in [0, 0.05) is 17.8 Å². The fourth-order valence-corrected chi connectivity index (χ4v) is 3.12. The molecular weight excluding hydrogens is 384 g/mol. The fraction of sp³-hybridized carbons (Fsp3) is 0.190. The lowest BCUT2D eigenvalue weighted by molar-refractivity contribution is -0.122. The number of amides is 1. The van der Waals surface area contributed by atoms with E-state index in [1.807, 2.05) is 55.6 Å². The first kappa shape index (κ1) is 19.3. The summed E-state index contributed by atoms with van der Waals surface area (Å²) in [4.78, 5) is 24.8. The maximum absolute atomic E-state index is 12.6. The van der Waals surface area contributed by atoms with Crippen LogP contribution in [0.4, 0.5) is 0 Å². The van der Waals surface area contributed by atoms with Gasteiger partial charge in [0.15, 0.2) is 11.5 Å². The third-order valence-electron chi connectivity index (χ3n) is 4.65. The van der Waals surface area contributed by atoms with Gasteiger partial charge < -0.3 is 10.1 Å². The molecule has 0 saturated heterocycles. The summed E-state index contributed by atoms with van der Waals surface area (Å²) in [6, 6.07) is 15.5. The molecule has 9 heteroatoms. The van der Waals surface area contributed by atoms with Crippen molar-refractivity contribution in [2.24, 2.45) is 0 Å². The predicted molar refractivity (Wildman–Crippen MR) is 110 cm³/mol. The second kappa shape index (κ2) is 8.16. The van der Waals surface area contributed by atoms with Crippen molar-refractivity contribution in [2.75, 3.05) is 7.11 Å². The number of aromatic nitrogens is 5. The van der Waals surface area contributed by atoms with Crippen LogP contribution in [-0.2, 0) is 11.3 Å². The van der Waals surface area contributed by atoms with Gasteiger partial charge in [0.25, 0.3) is 5.56 Å². The van der Waals surface area contributed by atoms with Crippen molar-refractivity contribution >= 4 is 11.6 Å². The van der Waals surface area contributed by atoms with E-state index in [1.165, 1.54) is 6.07 Å². The SMILES string of the molecule is COc1ccc(-c2ccc(=O)n(CC(=O)NC(C)c3nnc4ccccn34)n2)cc1. The second-order valence-electron chi connectivity index (χ2n) is 6.72. The van der Waals surface area contributed by atoms with Crippen LogP contribution in [0, 0.1) is 0 Å². The molecule has 30 heavy (non-hydrogen) atoms. The molecule has 9 nitrogen and oxygen atoms in total. The summed E-state index contributed by atoms with van der Waals surface area (Å²) >= 11 is 0. The third-order valence-corrected chi connectivity index (χ3v) is 4.65. The summed E-state index contributed by atoms with van der Waals surface area (Å²) in [5, 5.41) is 15.4. The van der Waals surface area contributed by atoms with Crippen LogP contribution in [0.1, 0.15) is 18.8 Å². The van der Waals surface area contributed by atoms with Crippen LogP contribution in [0.15, 0.2) is 65.6 Å². The normalized spacial score (nSPS) is 11.9. The molecule has 0 spiro atoms. The monoisotopic (exact) mass is 404 g/mol. The number of fused-ring (bicyclic) bond motifs is 1. The molecule has 1 N–H and O–H groups in total. The summed E-state index contributed by atoms with van der Waals surface area (Å²) in [6.45, 7) is 1.61. The summed E-state index contributed by atoms with van der Waals surface area (Å²) in [5.74, 6) is 0.976. The van der Waals surface area contributed by atoms with E-state index >= 15 is 0 Å². The summed E-state index contributed by atoms with van der Waals surface area (Å²) in [6.07, 6.45) is 1.83. The topological polar surface area (TPSA) is 103 Å². The van der Waals surface area contributed by atoms with Gasteiger partial charge in [-0.05, 0) is 49.4 Å². The zero-order valence-corrected chi connectivity index (χ0v) is 16.5. The number of carbonyl (C=O) groups is 1. The summed E-state index contributed by atoms with van der Waals surface area (Å²) < 4.78 is 8.10. The molecule has 4 rings (SSSR count). The lowest BCUT2D eigenvalue weighted by atomic mass is 10.1. The highest BCUT2D eigenvalue weighted by molar-refractivity contribution is 5.76. The molecule has 3 heterocycles. The van der Waals surface area contributed by atoms with Gasteiger partial charge in [-0.15, -0.1) is 10.2 Å². The van der Waals surface area contributed by atoms with Crippen LogP contribution in [0.2, 0.25) is 0 Å². The number of ether oxygens (including phenoxy) is 1. The molecule has 0 aliphatic heterocycles. The first-order valence-corrected chi connectivity index (χ1v) is 9.37. The molecule has 4 aromatic rings. The number of pyridine rings is 1. The molecule has 3 aromatic heterocycles. The average molecular weight is 404 g/mol. The second-order valence-corrected chi connectivity index (χ2v) is 6.72. The number of hydrogen-bond donors (Lipinski definition) is 1. The molecule has 152 valence electrons. The van der Waals surface area contributed by atoms with Crippen molar-refractivity contribution < 1.29 is 9.53 Å². The quantitative estimate of drug-likeness (QED) is 0.526. The average Bonchev–Trinajstić information content (AvgIpc) is 3.20. The Morgan fingerprint density at radius 2 is 1.90 bits per heavy atom. The lowest BCUT2D eigenvalue weighted by Crippen LogP contribution is -2.35. The Morgan fingerprint density at radius 3 is 2.67 bits per heavy atom. The number of carbonyl (C=O) groups excluding carboxylic acids is 1. The van der Waals surface area contributed by atoms with Crippen LogP contribution >= 0.6 is 0 Å². The van der Waals surface area contributed by atoms with E-state index in [0.29, 0.717) is 17.2 Å². The predicted octanol–water partition coefficient (Wildman–Crippen LogP) is 1.84. The van der Waals surface area contributed by atoms with Crippen molar-refractivity contribution in [1.29, 1.82) is 0 Å². The minimum Gasteiger partial charge on any atom is -0.497 e. The maximum Gasteiger partial charge on any atom is 0.267 e. The maximum atomic E-state index is 12.6. The zero-order chi connectivity index (χ0) is 21.1. The van der Waals surface area contributed by atoms with Crippen LogP contribution in [-0.4, -0.2) is 37.4 Å². The Kier molecular flexibility index (Phi) is 5.25. The van der Waals surface area contributed by atoms with Crippen molar-refractivity contribution in [3.05, 3.63) is 77.0 Å². The highest BCUT2D eigenvalue weighted by atomic mass is 16.5. The molecule has 1 unspecified atom stereocenters. The smallest absolute Gasteiger partial charge is 0.267 e. The van der Waals surface area contributed by atoms with Crippen LogP contribution < -0.4 is 15.6 Å². The Labute approximate surface area is 172 Å². The Balaban J connectivity index is 1.50. The van der Waals surface area contributed by atoms with E-state index in [0.717, 1.165) is 16.0 Å². The number of hydrogen-bond acceptors (Lipinski definition) is 6. The molecule has 1 amide bonds. The van der Waals surface area contributed by atoms with Gasteiger partial charge in [-0.2, -0.15) is 5.10 Å². The van der Waals surface area contributed by atoms with Gasteiger partial charge in [0.2, 0.25) is 5.91 Å². The van der Waals surface area contributed by atoms with E-state index in [1.54, 1.807) is 17.6 Å². The summed E-state index contributed by atoms with van der Waals surface area (Å²) in [7, 11) is 1.59. The Bertz CT molecular complexity index is 1250. The molecule has 1 aromatic carbocycles. The highest BCUT2D eigenvalue weighted by Gasteiger charge is 2.16. The van der Waals surface area contributed by atoms with Gasteiger partial charge in [-0.3, -0.25) is 14.0 Å². The Morgan fingerprint density at radius 1 is 1.10 bits per heavy atom. The molecular formula is C21H20N6O3. The minimum atomic E-state index is -0.393. The lowest BCUT2D eigenvalue weighted by Gasteiger charge is -2.13. The number of rotatable bonds is 6. The number of methoxy groups -OCH3 is 1.